The van der Waals surface area contributed by atoms with E-state index in [1.807, 2.05) is 36.4 Å². The average Bonchev–Trinajstić information content (AvgIpc) is 2.99. The lowest BCUT2D eigenvalue weighted by atomic mass is 10.2. The quantitative estimate of drug-likeness (QED) is 0.739. The molecule has 0 fully saturated rings. The number of hydrogen-bond acceptors (Lipinski definition) is 4. The number of nitrogens with zero attached hydrogens (tertiary/aromatic N) is 4. The molecule has 0 spiro atoms. The van der Waals surface area contributed by atoms with Crippen LogP contribution in [0, 0.1) is 17.1 Å². The highest BCUT2D eigenvalue weighted by molar-refractivity contribution is 5.37. The fourth-order valence-electron chi connectivity index (χ4n) is 1.75. The number of para-hydroxylation sites is 1. The molecule has 0 saturated carbocycles. The van der Waals surface area contributed by atoms with Gasteiger partial charge in [0.2, 0.25) is 0 Å². The minimum atomic E-state index is -0.634. The van der Waals surface area contributed by atoms with Gasteiger partial charge in [0.15, 0.2) is 11.6 Å². The van der Waals surface area contributed by atoms with Crippen molar-refractivity contribution in [2.75, 3.05) is 0 Å². The molecular weight excluding hydrogens is 271 g/mol. The summed E-state index contributed by atoms with van der Waals surface area (Å²) in [6.45, 7) is 0. The largest absolute Gasteiger partial charge is 0.420 e. The topological polar surface area (TPSA) is 63.7 Å². The minimum absolute atomic E-state index is 0.0280. The van der Waals surface area contributed by atoms with Gasteiger partial charge in [-0.3, -0.25) is 0 Å². The lowest BCUT2D eigenvalue weighted by Crippen LogP contribution is -1.95. The van der Waals surface area contributed by atoms with Crippen LogP contribution in [0.25, 0.3) is 5.69 Å². The molecule has 0 unspecified atom stereocenters. The summed E-state index contributed by atoms with van der Waals surface area (Å²) in [6, 6.07) is 15.2. The van der Waals surface area contributed by atoms with Crippen LogP contribution in [-0.2, 0) is 0 Å². The van der Waals surface area contributed by atoms with Gasteiger partial charge >= 0.3 is 6.01 Å². The summed E-state index contributed by atoms with van der Waals surface area (Å²) in [5.74, 6) is -0.662. The van der Waals surface area contributed by atoms with E-state index >= 15 is 0 Å². The Hall–Kier alpha value is -3.20. The highest BCUT2D eigenvalue weighted by Gasteiger charge is 2.09. The highest BCUT2D eigenvalue weighted by atomic mass is 19.1. The van der Waals surface area contributed by atoms with E-state index in [0.29, 0.717) is 0 Å². The predicted octanol–water partition coefficient (Wildman–Crippen LogP) is 3.07. The Labute approximate surface area is 119 Å². The maximum absolute atomic E-state index is 13.7. The monoisotopic (exact) mass is 280 g/mol. The lowest BCUT2D eigenvalue weighted by Gasteiger charge is -2.02. The first kappa shape index (κ1) is 12.8. The Morgan fingerprint density at radius 3 is 2.67 bits per heavy atom. The van der Waals surface area contributed by atoms with E-state index in [0.717, 1.165) is 11.8 Å². The lowest BCUT2D eigenvalue weighted by molar-refractivity contribution is 0.411. The van der Waals surface area contributed by atoms with Gasteiger partial charge in [-0.25, -0.2) is 9.07 Å². The van der Waals surface area contributed by atoms with Crippen molar-refractivity contribution in [3.05, 3.63) is 66.2 Å². The first-order valence-corrected chi connectivity index (χ1v) is 6.11. The molecule has 0 atom stereocenters. The number of aromatic nitrogens is 3. The Bertz CT molecular complexity index is 808. The average molecular weight is 280 g/mol. The van der Waals surface area contributed by atoms with Crippen LogP contribution in [0.3, 0.4) is 0 Å². The van der Waals surface area contributed by atoms with E-state index in [9.17, 15) is 4.39 Å². The molecule has 0 aliphatic carbocycles. The third kappa shape index (κ3) is 2.72. The van der Waals surface area contributed by atoms with Crippen molar-refractivity contribution < 1.29 is 9.13 Å². The second-order valence-electron chi connectivity index (χ2n) is 4.17. The molecule has 5 nitrogen and oxygen atoms in total. The smallest absolute Gasteiger partial charge is 0.341 e. The number of halogens is 1. The van der Waals surface area contributed by atoms with Gasteiger partial charge in [-0.2, -0.15) is 10.2 Å². The molecule has 102 valence electrons. The molecule has 21 heavy (non-hydrogen) atoms. The SMILES string of the molecule is N#Cc1ccc(Oc2ncn(-c3ccccc3)n2)c(F)c1. The normalized spacial score (nSPS) is 10.1. The van der Waals surface area contributed by atoms with E-state index in [-0.39, 0.29) is 17.3 Å². The van der Waals surface area contributed by atoms with E-state index in [4.69, 9.17) is 10.00 Å². The molecule has 3 aromatic rings. The standard InChI is InChI=1S/C15H9FN4O/c16-13-8-11(9-17)6-7-14(13)21-15-18-10-20(19-15)12-4-2-1-3-5-12/h1-8,10H. The highest BCUT2D eigenvalue weighted by Crippen LogP contribution is 2.22. The van der Waals surface area contributed by atoms with Crippen LogP contribution in [0.4, 0.5) is 4.39 Å². The summed E-state index contributed by atoms with van der Waals surface area (Å²) in [5.41, 5.74) is 1.04. The summed E-state index contributed by atoms with van der Waals surface area (Å²) in [5, 5.41) is 12.8. The van der Waals surface area contributed by atoms with Gasteiger partial charge in [0, 0.05) is 0 Å². The Morgan fingerprint density at radius 2 is 1.95 bits per heavy atom. The van der Waals surface area contributed by atoms with Gasteiger partial charge in [-0.15, -0.1) is 5.10 Å². The zero-order valence-corrected chi connectivity index (χ0v) is 10.8. The van der Waals surface area contributed by atoms with Crippen LogP contribution < -0.4 is 4.74 Å². The summed E-state index contributed by atoms with van der Waals surface area (Å²) in [6.07, 6.45) is 1.48. The molecule has 0 amide bonds. The van der Waals surface area contributed by atoms with Crippen molar-refractivity contribution >= 4 is 0 Å². The van der Waals surface area contributed by atoms with Crippen molar-refractivity contribution in [2.24, 2.45) is 0 Å². The number of rotatable bonds is 3. The van der Waals surface area contributed by atoms with E-state index < -0.39 is 5.82 Å². The second-order valence-corrected chi connectivity index (χ2v) is 4.17. The summed E-state index contributed by atoms with van der Waals surface area (Å²) in [4.78, 5) is 3.97. The van der Waals surface area contributed by atoms with Crippen molar-refractivity contribution in [1.82, 2.24) is 14.8 Å². The van der Waals surface area contributed by atoms with Gasteiger partial charge in [-0.05, 0) is 30.3 Å². The zero-order chi connectivity index (χ0) is 14.7. The Kier molecular flexibility index (Phi) is 3.31. The van der Waals surface area contributed by atoms with Crippen LogP contribution in [0.5, 0.6) is 11.8 Å². The van der Waals surface area contributed by atoms with Gasteiger partial charge in [0.05, 0.1) is 17.3 Å². The molecule has 0 bridgehead atoms. The van der Waals surface area contributed by atoms with Crippen molar-refractivity contribution in [3.63, 3.8) is 0 Å². The molecule has 3 rings (SSSR count). The number of hydrogen-bond donors (Lipinski definition) is 0. The third-order valence-electron chi connectivity index (χ3n) is 2.75. The number of ether oxygens (including phenoxy) is 1. The fourth-order valence-corrected chi connectivity index (χ4v) is 1.75. The maximum atomic E-state index is 13.7. The molecule has 0 saturated heterocycles. The second kappa shape index (κ2) is 5.43. The number of nitriles is 1. The predicted molar refractivity (Wildman–Crippen MR) is 72.5 cm³/mol. The fraction of sp³-hybridized carbons (Fsp3) is 0. The molecule has 1 aromatic heterocycles. The zero-order valence-electron chi connectivity index (χ0n) is 10.8. The molecule has 0 N–H and O–H groups in total. The summed E-state index contributed by atoms with van der Waals surface area (Å²) in [7, 11) is 0. The third-order valence-corrected chi connectivity index (χ3v) is 2.75. The Morgan fingerprint density at radius 1 is 1.14 bits per heavy atom. The molecule has 2 aromatic carbocycles. The molecule has 0 aliphatic heterocycles. The first-order chi connectivity index (χ1) is 10.3. The first-order valence-electron chi connectivity index (χ1n) is 6.11. The van der Waals surface area contributed by atoms with E-state index in [2.05, 4.69) is 10.1 Å². The van der Waals surface area contributed by atoms with Crippen LogP contribution in [0.15, 0.2) is 54.9 Å². The van der Waals surface area contributed by atoms with Crippen molar-refractivity contribution in [2.45, 2.75) is 0 Å². The van der Waals surface area contributed by atoms with Gasteiger partial charge in [0.25, 0.3) is 0 Å². The maximum Gasteiger partial charge on any atom is 0.341 e. The molecule has 0 aliphatic rings. The van der Waals surface area contributed by atoms with Gasteiger partial charge in [-0.1, -0.05) is 18.2 Å². The van der Waals surface area contributed by atoms with Crippen LogP contribution in [0.2, 0.25) is 0 Å². The Balaban J connectivity index is 1.84. The molecule has 6 heteroatoms. The van der Waals surface area contributed by atoms with Gasteiger partial charge in [0.1, 0.15) is 6.33 Å². The van der Waals surface area contributed by atoms with Crippen LogP contribution in [0.1, 0.15) is 5.56 Å². The summed E-state index contributed by atoms with van der Waals surface area (Å²) < 4.78 is 20.5. The van der Waals surface area contributed by atoms with Crippen LogP contribution in [-0.4, -0.2) is 14.8 Å². The molecular formula is C15H9FN4O. The van der Waals surface area contributed by atoms with Crippen LogP contribution >= 0.6 is 0 Å². The van der Waals surface area contributed by atoms with Crippen molar-refractivity contribution in [1.29, 1.82) is 5.26 Å². The van der Waals surface area contributed by atoms with Gasteiger partial charge < -0.3 is 4.74 Å². The number of benzene rings is 2. The molecule has 0 radical (unpaired) electrons. The minimum Gasteiger partial charge on any atom is -0.420 e. The van der Waals surface area contributed by atoms with Crippen molar-refractivity contribution in [3.8, 4) is 23.5 Å². The summed E-state index contributed by atoms with van der Waals surface area (Å²) >= 11 is 0. The van der Waals surface area contributed by atoms with E-state index in [1.54, 1.807) is 0 Å². The van der Waals surface area contributed by atoms with E-state index in [1.165, 1.54) is 23.1 Å². The molecule has 1 heterocycles.